The average molecular weight is 312 g/mol. The molecule has 0 spiro atoms. The third kappa shape index (κ3) is 2.60. The number of fused-ring (bicyclic) bond motifs is 1. The molecule has 1 fully saturated rings. The fourth-order valence-corrected chi connectivity index (χ4v) is 3.31. The molecule has 0 amide bonds. The topological polar surface area (TPSA) is 38.0 Å². The average Bonchev–Trinajstić information content (AvgIpc) is 2.77. The molecule has 0 aliphatic heterocycles. The quantitative estimate of drug-likeness (QED) is 0.927. The Balaban J connectivity index is 2.12. The van der Waals surface area contributed by atoms with Gasteiger partial charge in [0.25, 0.3) is 0 Å². The van der Waals surface area contributed by atoms with Crippen LogP contribution in [0.5, 0.6) is 0 Å². The van der Waals surface area contributed by atoms with Crippen LogP contribution in [0.25, 0.3) is 11.0 Å². The van der Waals surface area contributed by atoms with Crippen LogP contribution in [0, 0.1) is 0 Å². The molecular weight excluding hydrogens is 293 g/mol. The lowest BCUT2D eigenvalue weighted by atomic mass is 9.77. The van der Waals surface area contributed by atoms with E-state index in [9.17, 15) is 18.3 Å². The van der Waals surface area contributed by atoms with E-state index < -0.39 is 17.3 Å². The van der Waals surface area contributed by atoms with Gasteiger partial charge in [-0.3, -0.25) is 0 Å². The number of aromatic nitrogens is 2. The minimum atomic E-state index is -4.41. The van der Waals surface area contributed by atoms with Crippen molar-refractivity contribution in [1.82, 2.24) is 9.55 Å². The van der Waals surface area contributed by atoms with Gasteiger partial charge in [0.1, 0.15) is 0 Å². The number of aliphatic hydroxyl groups is 1. The van der Waals surface area contributed by atoms with Crippen LogP contribution in [0.4, 0.5) is 13.2 Å². The van der Waals surface area contributed by atoms with E-state index in [1.807, 2.05) is 6.92 Å². The van der Waals surface area contributed by atoms with Crippen molar-refractivity contribution in [3.05, 3.63) is 29.6 Å². The van der Waals surface area contributed by atoms with Gasteiger partial charge >= 0.3 is 6.18 Å². The SMILES string of the molecule is CCCc1cc(C(F)(F)F)c2c(c1)ncn2C1CC(C)(O)C1. The minimum Gasteiger partial charge on any atom is -0.390 e. The van der Waals surface area contributed by atoms with E-state index in [2.05, 4.69) is 4.98 Å². The molecule has 1 N–H and O–H groups in total. The smallest absolute Gasteiger partial charge is 0.390 e. The molecule has 0 saturated heterocycles. The zero-order valence-corrected chi connectivity index (χ0v) is 12.6. The first kappa shape index (κ1) is 15.3. The third-order valence-electron chi connectivity index (χ3n) is 4.32. The Hall–Kier alpha value is -1.56. The number of hydrogen-bond donors (Lipinski definition) is 1. The van der Waals surface area contributed by atoms with Gasteiger partial charge in [0.2, 0.25) is 0 Å². The van der Waals surface area contributed by atoms with Crippen LogP contribution in [-0.4, -0.2) is 20.3 Å². The Morgan fingerprint density at radius 3 is 2.59 bits per heavy atom. The molecule has 3 nitrogen and oxygen atoms in total. The second kappa shape index (κ2) is 4.98. The van der Waals surface area contributed by atoms with Gasteiger partial charge in [0, 0.05) is 6.04 Å². The van der Waals surface area contributed by atoms with Gasteiger partial charge < -0.3 is 9.67 Å². The first-order valence-electron chi connectivity index (χ1n) is 7.50. The molecule has 2 aromatic rings. The van der Waals surface area contributed by atoms with Crippen LogP contribution >= 0.6 is 0 Å². The van der Waals surface area contributed by atoms with Crippen molar-refractivity contribution in [1.29, 1.82) is 0 Å². The first-order valence-corrected chi connectivity index (χ1v) is 7.50. The predicted octanol–water partition coefficient (Wildman–Crippen LogP) is 4.09. The van der Waals surface area contributed by atoms with Crippen LogP contribution in [0.2, 0.25) is 0 Å². The molecule has 0 bridgehead atoms. The number of rotatable bonds is 3. The van der Waals surface area contributed by atoms with Crippen molar-refractivity contribution < 1.29 is 18.3 Å². The number of hydrogen-bond acceptors (Lipinski definition) is 2. The molecule has 120 valence electrons. The fraction of sp³-hybridized carbons (Fsp3) is 0.562. The van der Waals surface area contributed by atoms with E-state index in [4.69, 9.17) is 0 Å². The summed E-state index contributed by atoms with van der Waals surface area (Å²) in [6.45, 7) is 3.64. The molecule has 1 aliphatic rings. The molecule has 22 heavy (non-hydrogen) atoms. The molecule has 0 unspecified atom stereocenters. The van der Waals surface area contributed by atoms with Crippen molar-refractivity contribution in [2.45, 2.75) is 57.3 Å². The Labute approximate surface area is 126 Å². The van der Waals surface area contributed by atoms with Gasteiger partial charge in [-0.1, -0.05) is 13.3 Å². The van der Waals surface area contributed by atoms with E-state index in [0.29, 0.717) is 30.3 Å². The highest BCUT2D eigenvalue weighted by Crippen LogP contribution is 2.44. The number of halogens is 3. The van der Waals surface area contributed by atoms with Gasteiger partial charge in [-0.05, 0) is 43.9 Å². The monoisotopic (exact) mass is 312 g/mol. The van der Waals surface area contributed by atoms with E-state index in [0.717, 1.165) is 6.42 Å². The molecule has 1 heterocycles. The Bertz CT molecular complexity index is 695. The van der Waals surface area contributed by atoms with E-state index >= 15 is 0 Å². The Kier molecular flexibility index (Phi) is 3.47. The summed E-state index contributed by atoms with van der Waals surface area (Å²) >= 11 is 0. The predicted molar refractivity (Wildman–Crippen MR) is 77.6 cm³/mol. The van der Waals surface area contributed by atoms with E-state index in [1.165, 1.54) is 12.4 Å². The number of alkyl halides is 3. The number of nitrogens with zero attached hydrogens (tertiary/aromatic N) is 2. The second-order valence-corrected chi connectivity index (χ2v) is 6.47. The van der Waals surface area contributed by atoms with Crippen LogP contribution in [-0.2, 0) is 12.6 Å². The molecule has 3 rings (SSSR count). The van der Waals surface area contributed by atoms with Crippen molar-refractivity contribution in [2.24, 2.45) is 0 Å². The maximum absolute atomic E-state index is 13.4. The summed E-state index contributed by atoms with van der Waals surface area (Å²) in [6.07, 6.45) is -0.653. The second-order valence-electron chi connectivity index (χ2n) is 6.47. The largest absolute Gasteiger partial charge is 0.418 e. The maximum atomic E-state index is 13.4. The molecular formula is C16H19F3N2O. The van der Waals surface area contributed by atoms with Crippen LogP contribution in [0.15, 0.2) is 18.5 Å². The van der Waals surface area contributed by atoms with Gasteiger partial charge in [0.15, 0.2) is 0 Å². The lowest BCUT2D eigenvalue weighted by Crippen LogP contribution is -2.41. The van der Waals surface area contributed by atoms with Gasteiger partial charge in [0.05, 0.1) is 28.5 Å². The summed E-state index contributed by atoms with van der Waals surface area (Å²) in [5, 5.41) is 9.84. The van der Waals surface area contributed by atoms with Crippen LogP contribution in [0.3, 0.4) is 0 Å². The van der Waals surface area contributed by atoms with Gasteiger partial charge in [-0.15, -0.1) is 0 Å². The highest BCUT2D eigenvalue weighted by Gasteiger charge is 2.42. The summed E-state index contributed by atoms with van der Waals surface area (Å²) in [5.74, 6) is 0. The molecule has 1 aliphatic carbocycles. The fourth-order valence-electron chi connectivity index (χ4n) is 3.31. The van der Waals surface area contributed by atoms with Gasteiger partial charge in [-0.2, -0.15) is 13.2 Å². The molecule has 1 saturated carbocycles. The Morgan fingerprint density at radius 2 is 2.05 bits per heavy atom. The maximum Gasteiger partial charge on any atom is 0.418 e. The number of imidazole rings is 1. The Morgan fingerprint density at radius 1 is 1.36 bits per heavy atom. The number of benzene rings is 1. The van der Waals surface area contributed by atoms with E-state index in [1.54, 1.807) is 17.6 Å². The summed E-state index contributed by atoms with van der Waals surface area (Å²) in [5.41, 5.74) is -0.245. The number of aryl methyl sites for hydroxylation is 1. The van der Waals surface area contributed by atoms with Crippen LogP contribution in [0.1, 0.15) is 50.3 Å². The highest BCUT2D eigenvalue weighted by atomic mass is 19.4. The normalized spacial score (nSPS) is 25.5. The third-order valence-corrected chi connectivity index (χ3v) is 4.32. The molecule has 1 aromatic heterocycles. The summed E-state index contributed by atoms with van der Waals surface area (Å²) < 4.78 is 41.9. The lowest BCUT2D eigenvalue weighted by molar-refractivity contribution is -0.136. The minimum absolute atomic E-state index is 0.127. The standard InChI is InChI=1S/C16H19F3N2O/c1-3-4-10-5-12(16(17,18)19)14-13(6-10)20-9-21(14)11-7-15(2,22)8-11/h5-6,9,11,22H,3-4,7-8H2,1-2H3. The highest BCUT2D eigenvalue weighted by molar-refractivity contribution is 5.81. The molecule has 1 aromatic carbocycles. The zero-order chi connectivity index (χ0) is 16.1. The van der Waals surface area contributed by atoms with Crippen molar-refractivity contribution in [2.75, 3.05) is 0 Å². The van der Waals surface area contributed by atoms with Crippen LogP contribution < -0.4 is 0 Å². The first-order chi connectivity index (χ1) is 10.2. The molecule has 0 radical (unpaired) electrons. The lowest BCUT2D eigenvalue weighted by Gasteiger charge is -2.41. The molecule has 6 heteroatoms. The summed E-state index contributed by atoms with van der Waals surface area (Å²) in [4.78, 5) is 4.17. The summed E-state index contributed by atoms with van der Waals surface area (Å²) in [7, 11) is 0. The van der Waals surface area contributed by atoms with Crippen molar-refractivity contribution in [3.63, 3.8) is 0 Å². The van der Waals surface area contributed by atoms with Crippen molar-refractivity contribution in [3.8, 4) is 0 Å². The van der Waals surface area contributed by atoms with E-state index in [-0.39, 0.29) is 11.6 Å². The zero-order valence-electron chi connectivity index (χ0n) is 12.6. The summed E-state index contributed by atoms with van der Waals surface area (Å²) in [6, 6.07) is 2.85. The van der Waals surface area contributed by atoms with Gasteiger partial charge in [-0.25, -0.2) is 4.98 Å². The molecule has 0 atom stereocenters. The van der Waals surface area contributed by atoms with Crippen molar-refractivity contribution >= 4 is 11.0 Å².